The van der Waals surface area contributed by atoms with Crippen molar-refractivity contribution < 1.29 is 19.1 Å². The number of amides is 2. The highest BCUT2D eigenvalue weighted by Crippen LogP contribution is 2.17. The zero-order valence-electron chi connectivity index (χ0n) is 14.2. The molecule has 7 heteroatoms. The van der Waals surface area contributed by atoms with Crippen LogP contribution < -0.4 is 10.6 Å². The van der Waals surface area contributed by atoms with Crippen molar-refractivity contribution in [1.82, 2.24) is 10.6 Å². The third kappa shape index (κ3) is 5.60. The number of ether oxygens (including phenoxy) is 1. The summed E-state index contributed by atoms with van der Waals surface area (Å²) in [7, 11) is 1.24. The predicted octanol–water partition coefficient (Wildman–Crippen LogP) is 1.97. The van der Waals surface area contributed by atoms with E-state index in [4.69, 9.17) is 16.3 Å². The van der Waals surface area contributed by atoms with Crippen LogP contribution in [0.3, 0.4) is 0 Å². The second-order valence-electron chi connectivity index (χ2n) is 5.49. The normalized spacial score (nSPS) is 11.3. The van der Waals surface area contributed by atoms with Crippen LogP contribution in [0.2, 0.25) is 5.02 Å². The summed E-state index contributed by atoms with van der Waals surface area (Å²) in [6.45, 7) is -0.260. The standard InChI is InChI=1S/C19H19ClN2O4/c1-26-19(25)16(11-14-9-5-6-10-15(14)20)22-17(23)12-21-18(24)13-7-3-2-4-8-13/h2-10,16H,11-12H2,1H3,(H,21,24)(H,22,23)/t16-/m1/s1. The Labute approximate surface area is 156 Å². The highest BCUT2D eigenvalue weighted by molar-refractivity contribution is 6.31. The van der Waals surface area contributed by atoms with Crippen LogP contribution in [0.4, 0.5) is 0 Å². The molecular formula is C19H19ClN2O4. The average Bonchev–Trinajstić information content (AvgIpc) is 2.67. The van der Waals surface area contributed by atoms with Gasteiger partial charge in [0.15, 0.2) is 0 Å². The van der Waals surface area contributed by atoms with Crippen LogP contribution in [0.1, 0.15) is 15.9 Å². The summed E-state index contributed by atoms with van der Waals surface area (Å²) in [5.74, 6) is -1.47. The molecule has 2 N–H and O–H groups in total. The predicted molar refractivity (Wildman–Crippen MR) is 97.9 cm³/mol. The Bertz CT molecular complexity index is 780. The van der Waals surface area contributed by atoms with Crippen LogP contribution in [-0.2, 0) is 20.7 Å². The van der Waals surface area contributed by atoms with Crippen molar-refractivity contribution in [2.45, 2.75) is 12.5 Å². The summed E-state index contributed by atoms with van der Waals surface area (Å²) in [6, 6.07) is 14.7. The van der Waals surface area contributed by atoms with Gasteiger partial charge in [0.25, 0.3) is 5.91 Å². The van der Waals surface area contributed by atoms with E-state index in [1.165, 1.54) is 7.11 Å². The van der Waals surface area contributed by atoms with E-state index in [9.17, 15) is 14.4 Å². The number of esters is 1. The minimum atomic E-state index is -0.902. The first-order valence-corrected chi connectivity index (χ1v) is 8.33. The molecule has 2 aromatic rings. The first-order chi connectivity index (χ1) is 12.5. The fourth-order valence-corrected chi connectivity index (χ4v) is 2.53. The molecule has 0 aliphatic carbocycles. The Morgan fingerprint density at radius 1 is 1.04 bits per heavy atom. The zero-order chi connectivity index (χ0) is 18.9. The molecule has 0 fully saturated rings. The van der Waals surface area contributed by atoms with Gasteiger partial charge in [-0.15, -0.1) is 0 Å². The van der Waals surface area contributed by atoms with E-state index in [0.29, 0.717) is 16.1 Å². The van der Waals surface area contributed by atoms with E-state index in [1.54, 1.807) is 54.6 Å². The van der Waals surface area contributed by atoms with Crippen molar-refractivity contribution in [2.75, 3.05) is 13.7 Å². The first kappa shape index (κ1) is 19.5. The molecule has 2 amide bonds. The fraction of sp³-hybridized carbons (Fsp3) is 0.211. The minimum absolute atomic E-state index is 0.185. The third-order valence-corrected chi connectivity index (χ3v) is 4.02. The van der Waals surface area contributed by atoms with Gasteiger partial charge in [0.1, 0.15) is 6.04 Å². The number of hydrogen-bond acceptors (Lipinski definition) is 4. The quantitative estimate of drug-likeness (QED) is 0.726. The van der Waals surface area contributed by atoms with E-state index < -0.39 is 17.9 Å². The number of nitrogens with one attached hydrogen (secondary N) is 2. The maximum atomic E-state index is 12.1. The van der Waals surface area contributed by atoms with E-state index in [-0.39, 0.29) is 18.9 Å². The van der Waals surface area contributed by atoms with E-state index in [0.717, 1.165) is 0 Å². The molecule has 0 unspecified atom stereocenters. The van der Waals surface area contributed by atoms with Crippen molar-refractivity contribution in [3.05, 3.63) is 70.7 Å². The van der Waals surface area contributed by atoms with Crippen LogP contribution in [0.5, 0.6) is 0 Å². The van der Waals surface area contributed by atoms with Gasteiger partial charge in [0, 0.05) is 17.0 Å². The molecule has 0 heterocycles. The molecule has 0 aromatic heterocycles. The van der Waals surface area contributed by atoms with Crippen molar-refractivity contribution in [3.63, 3.8) is 0 Å². The zero-order valence-corrected chi connectivity index (χ0v) is 15.0. The molecule has 0 saturated carbocycles. The third-order valence-electron chi connectivity index (χ3n) is 3.65. The molecule has 2 rings (SSSR count). The Morgan fingerprint density at radius 3 is 2.35 bits per heavy atom. The van der Waals surface area contributed by atoms with E-state index in [2.05, 4.69) is 10.6 Å². The monoisotopic (exact) mass is 374 g/mol. The first-order valence-electron chi connectivity index (χ1n) is 7.95. The summed E-state index contributed by atoms with van der Waals surface area (Å²) >= 11 is 6.10. The van der Waals surface area contributed by atoms with Gasteiger partial charge < -0.3 is 15.4 Å². The minimum Gasteiger partial charge on any atom is -0.467 e. The maximum Gasteiger partial charge on any atom is 0.328 e. The summed E-state index contributed by atoms with van der Waals surface area (Å²) in [5, 5.41) is 5.56. The van der Waals surface area contributed by atoms with Crippen LogP contribution in [-0.4, -0.2) is 37.5 Å². The number of halogens is 1. The van der Waals surface area contributed by atoms with Crippen molar-refractivity contribution in [2.24, 2.45) is 0 Å². The topological polar surface area (TPSA) is 84.5 Å². The molecule has 0 aliphatic heterocycles. The summed E-state index contributed by atoms with van der Waals surface area (Å²) in [4.78, 5) is 36.0. The summed E-state index contributed by atoms with van der Waals surface area (Å²) in [5.41, 5.74) is 1.15. The van der Waals surface area contributed by atoms with Crippen molar-refractivity contribution in [3.8, 4) is 0 Å². The van der Waals surface area contributed by atoms with Crippen LogP contribution in [0.15, 0.2) is 54.6 Å². The van der Waals surface area contributed by atoms with Gasteiger partial charge in [-0.3, -0.25) is 9.59 Å². The number of methoxy groups -OCH3 is 1. The van der Waals surface area contributed by atoms with Gasteiger partial charge in [0.2, 0.25) is 5.91 Å². The molecular weight excluding hydrogens is 356 g/mol. The van der Waals surface area contributed by atoms with Gasteiger partial charge in [-0.25, -0.2) is 4.79 Å². The molecule has 0 saturated heterocycles. The van der Waals surface area contributed by atoms with Gasteiger partial charge in [-0.1, -0.05) is 48.0 Å². The molecule has 0 spiro atoms. The smallest absolute Gasteiger partial charge is 0.328 e. The largest absolute Gasteiger partial charge is 0.467 e. The van der Waals surface area contributed by atoms with Crippen LogP contribution in [0, 0.1) is 0 Å². The second-order valence-corrected chi connectivity index (χ2v) is 5.89. The fourth-order valence-electron chi connectivity index (χ4n) is 2.32. The highest BCUT2D eigenvalue weighted by Gasteiger charge is 2.23. The number of carbonyl (C=O) groups is 3. The number of rotatable bonds is 7. The highest BCUT2D eigenvalue weighted by atomic mass is 35.5. The van der Waals surface area contributed by atoms with Gasteiger partial charge >= 0.3 is 5.97 Å². The second kappa shape index (κ2) is 9.58. The molecule has 0 bridgehead atoms. The maximum absolute atomic E-state index is 12.1. The average molecular weight is 375 g/mol. The lowest BCUT2D eigenvalue weighted by molar-refractivity contribution is -0.144. The lowest BCUT2D eigenvalue weighted by Gasteiger charge is -2.17. The summed E-state index contributed by atoms with van der Waals surface area (Å²) < 4.78 is 4.74. The van der Waals surface area contributed by atoms with Gasteiger partial charge in [-0.05, 0) is 23.8 Å². The molecule has 2 aromatic carbocycles. The Kier molecular flexibility index (Phi) is 7.17. The van der Waals surface area contributed by atoms with Gasteiger partial charge in [0.05, 0.1) is 13.7 Å². The Balaban J connectivity index is 1.95. The van der Waals surface area contributed by atoms with Crippen LogP contribution >= 0.6 is 11.6 Å². The molecule has 0 radical (unpaired) electrons. The summed E-state index contributed by atoms with van der Waals surface area (Å²) in [6.07, 6.45) is 0.185. The van der Waals surface area contributed by atoms with E-state index >= 15 is 0 Å². The number of benzene rings is 2. The Hall–Kier alpha value is -2.86. The van der Waals surface area contributed by atoms with Crippen molar-refractivity contribution >= 4 is 29.4 Å². The molecule has 0 aliphatic rings. The van der Waals surface area contributed by atoms with Gasteiger partial charge in [-0.2, -0.15) is 0 Å². The number of hydrogen-bond donors (Lipinski definition) is 2. The Morgan fingerprint density at radius 2 is 1.69 bits per heavy atom. The molecule has 136 valence electrons. The van der Waals surface area contributed by atoms with E-state index in [1.807, 2.05) is 0 Å². The van der Waals surface area contributed by atoms with Crippen LogP contribution in [0.25, 0.3) is 0 Å². The SMILES string of the molecule is COC(=O)[C@@H](Cc1ccccc1Cl)NC(=O)CNC(=O)c1ccccc1. The number of carbonyl (C=O) groups excluding carboxylic acids is 3. The lowest BCUT2D eigenvalue weighted by atomic mass is 10.1. The molecule has 1 atom stereocenters. The molecule has 6 nitrogen and oxygen atoms in total. The van der Waals surface area contributed by atoms with Crippen molar-refractivity contribution in [1.29, 1.82) is 0 Å². The molecule has 26 heavy (non-hydrogen) atoms. The lowest BCUT2D eigenvalue weighted by Crippen LogP contribution is -2.47.